The van der Waals surface area contributed by atoms with Crippen LogP contribution in [0.5, 0.6) is 0 Å². The standard InChI is InChI=1S/C26H31F2N7O3S.C5H11N/c1-26(2)23-21(15-35(26)39(37,38)19-12-16(27)11-17(28)13-19)24(32-31-23)30-25(36)20-6-5-18(14-22(20)29-3)34-9-7-33(4)8-10-34;1-6-4-2-3-5-6/h5-6,11-14,29H,7-10,15H2,1-4H3,(H2,30,31,32,36);2-5H2,1H3. The summed E-state index contributed by atoms with van der Waals surface area (Å²) in [5.41, 5.74) is 1.91. The number of likely N-dealkylation sites (N-methyl/N-ethyl adjacent to an activating group) is 1. The van der Waals surface area contributed by atoms with Crippen LogP contribution >= 0.6 is 0 Å². The van der Waals surface area contributed by atoms with Gasteiger partial charge in [0.15, 0.2) is 5.82 Å². The molecule has 3 aliphatic heterocycles. The Bertz CT molecular complexity index is 1630. The molecule has 3 aromatic rings. The average Bonchev–Trinajstić information content (AvgIpc) is 3.70. The van der Waals surface area contributed by atoms with E-state index in [-0.39, 0.29) is 12.4 Å². The summed E-state index contributed by atoms with van der Waals surface area (Å²) in [6.07, 6.45) is 2.83. The van der Waals surface area contributed by atoms with E-state index in [1.807, 2.05) is 12.1 Å². The zero-order valence-corrected chi connectivity index (χ0v) is 27.3. The largest absolute Gasteiger partial charge is 0.387 e. The van der Waals surface area contributed by atoms with E-state index < -0.39 is 38.0 Å². The maximum absolute atomic E-state index is 13.8. The second kappa shape index (κ2) is 13.0. The molecule has 0 saturated carbocycles. The van der Waals surface area contributed by atoms with Gasteiger partial charge in [-0.25, -0.2) is 17.2 Å². The molecule has 4 heterocycles. The van der Waals surface area contributed by atoms with Crippen molar-refractivity contribution < 1.29 is 22.0 Å². The van der Waals surface area contributed by atoms with Crippen molar-refractivity contribution >= 4 is 33.1 Å². The number of carbonyl (C=O) groups is 1. The number of benzene rings is 2. The smallest absolute Gasteiger partial charge is 0.258 e. The van der Waals surface area contributed by atoms with Crippen molar-refractivity contribution in [3.8, 4) is 0 Å². The monoisotopic (exact) mass is 644 g/mol. The number of sulfonamides is 1. The molecule has 1 aromatic heterocycles. The third kappa shape index (κ3) is 6.83. The quantitative estimate of drug-likeness (QED) is 0.370. The van der Waals surface area contributed by atoms with Crippen molar-refractivity contribution in [2.45, 2.75) is 43.7 Å². The number of likely N-dealkylation sites (tertiary alicyclic amines) is 1. The van der Waals surface area contributed by atoms with E-state index in [4.69, 9.17) is 0 Å². The lowest BCUT2D eigenvalue weighted by atomic mass is 10.0. The van der Waals surface area contributed by atoms with Crippen molar-refractivity contribution in [3.05, 3.63) is 64.9 Å². The van der Waals surface area contributed by atoms with Crippen molar-refractivity contribution in [2.24, 2.45) is 0 Å². The Labute approximate surface area is 263 Å². The summed E-state index contributed by atoms with van der Waals surface area (Å²) in [6.45, 7) is 9.51. The third-order valence-electron chi connectivity index (χ3n) is 8.78. The third-order valence-corrected chi connectivity index (χ3v) is 10.8. The lowest BCUT2D eigenvalue weighted by Gasteiger charge is -2.34. The second-order valence-corrected chi connectivity index (χ2v) is 14.2. The van der Waals surface area contributed by atoms with Gasteiger partial charge in [0.1, 0.15) is 11.6 Å². The van der Waals surface area contributed by atoms with Crippen molar-refractivity contribution in [1.29, 1.82) is 0 Å². The van der Waals surface area contributed by atoms with Crippen molar-refractivity contribution in [3.63, 3.8) is 0 Å². The van der Waals surface area contributed by atoms with Gasteiger partial charge in [-0.05, 0) is 84.2 Å². The zero-order chi connectivity index (χ0) is 32.5. The Hall–Kier alpha value is -3.59. The van der Waals surface area contributed by atoms with Crippen LogP contribution in [-0.2, 0) is 22.1 Å². The first-order chi connectivity index (χ1) is 21.3. The Kier molecular flexibility index (Phi) is 9.49. The zero-order valence-electron chi connectivity index (χ0n) is 26.5. The summed E-state index contributed by atoms with van der Waals surface area (Å²) < 4.78 is 55.6. The first kappa shape index (κ1) is 32.8. The van der Waals surface area contributed by atoms with Gasteiger partial charge in [0.05, 0.1) is 21.7 Å². The van der Waals surface area contributed by atoms with Crippen LogP contribution in [0.25, 0.3) is 0 Å². The van der Waals surface area contributed by atoms with E-state index in [1.165, 1.54) is 25.9 Å². The molecule has 244 valence electrons. The number of fused-ring (bicyclic) bond motifs is 1. The van der Waals surface area contributed by atoms with Crippen LogP contribution < -0.4 is 15.5 Å². The van der Waals surface area contributed by atoms with Crippen LogP contribution in [-0.4, -0.2) is 99.0 Å². The molecule has 11 nitrogen and oxygen atoms in total. The SMILES string of the molecule is CN1CCCC1.CNc1cc(N2CCN(C)CC2)ccc1C(=O)Nc1n[nH]c2c1CN(S(=O)(=O)c1cc(F)cc(F)c1)C2(C)C. The maximum Gasteiger partial charge on any atom is 0.258 e. The van der Waals surface area contributed by atoms with Crippen LogP contribution in [0.3, 0.4) is 0 Å². The molecule has 0 atom stereocenters. The minimum atomic E-state index is -4.28. The van der Waals surface area contributed by atoms with E-state index in [2.05, 4.69) is 49.6 Å². The van der Waals surface area contributed by atoms with Gasteiger partial charge in [0, 0.05) is 62.8 Å². The van der Waals surface area contributed by atoms with Gasteiger partial charge in [-0.15, -0.1) is 0 Å². The lowest BCUT2D eigenvalue weighted by Crippen LogP contribution is -2.44. The Morgan fingerprint density at radius 1 is 0.933 bits per heavy atom. The summed E-state index contributed by atoms with van der Waals surface area (Å²) in [4.78, 5) is 19.7. The number of halogens is 2. The fourth-order valence-electron chi connectivity index (χ4n) is 6.03. The molecule has 0 spiro atoms. The van der Waals surface area contributed by atoms with Gasteiger partial charge in [0.2, 0.25) is 10.0 Å². The van der Waals surface area contributed by atoms with E-state index in [1.54, 1.807) is 27.0 Å². The molecule has 1 amide bonds. The molecule has 0 bridgehead atoms. The van der Waals surface area contributed by atoms with Crippen LogP contribution in [0, 0.1) is 11.6 Å². The van der Waals surface area contributed by atoms with E-state index in [9.17, 15) is 22.0 Å². The number of aromatic nitrogens is 2. The molecule has 45 heavy (non-hydrogen) atoms. The highest BCUT2D eigenvalue weighted by Gasteiger charge is 2.48. The fraction of sp³-hybridized carbons (Fsp3) is 0.484. The van der Waals surface area contributed by atoms with Crippen molar-refractivity contribution in [1.82, 2.24) is 24.3 Å². The highest BCUT2D eigenvalue weighted by atomic mass is 32.2. The maximum atomic E-state index is 13.8. The molecule has 3 N–H and O–H groups in total. The average molecular weight is 645 g/mol. The molecule has 2 fully saturated rings. The van der Waals surface area contributed by atoms with Gasteiger partial charge in [0.25, 0.3) is 5.91 Å². The molecule has 2 aromatic carbocycles. The van der Waals surface area contributed by atoms with Crippen LogP contribution in [0.2, 0.25) is 0 Å². The van der Waals surface area contributed by atoms with Gasteiger partial charge in [-0.1, -0.05) is 0 Å². The number of rotatable bonds is 6. The minimum absolute atomic E-state index is 0.143. The van der Waals surface area contributed by atoms with Gasteiger partial charge >= 0.3 is 0 Å². The predicted octanol–water partition coefficient (Wildman–Crippen LogP) is 3.89. The van der Waals surface area contributed by atoms with E-state index in [0.717, 1.165) is 48.3 Å². The molecule has 2 saturated heterocycles. The molecule has 6 rings (SSSR count). The van der Waals surface area contributed by atoms with Crippen LogP contribution in [0.15, 0.2) is 41.3 Å². The number of piperazine rings is 1. The number of H-pyrrole nitrogens is 1. The molecule has 0 aliphatic carbocycles. The number of nitrogens with zero attached hydrogens (tertiary/aromatic N) is 5. The predicted molar refractivity (Wildman–Crippen MR) is 171 cm³/mol. The Morgan fingerprint density at radius 2 is 1.56 bits per heavy atom. The summed E-state index contributed by atoms with van der Waals surface area (Å²) in [6, 6.07) is 7.78. The van der Waals surface area contributed by atoms with E-state index in [0.29, 0.717) is 28.6 Å². The fourth-order valence-corrected chi connectivity index (χ4v) is 7.80. The van der Waals surface area contributed by atoms with Gasteiger partial charge < -0.3 is 25.3 Å². The lowest BCUT2D eigenvalue weighted by molar-refractivity contribution is 0.102. The van der Waals surface area contributed by atoms with Gasteiger partial charge in [-0.3, -0.25) is 9.89 Å². The highest BCUT2D eigenvalue weighted by molar-refractivity contribution is 7.89. The Morgan fingerprint density at radius 3 is 2.13 bits per heavy atom. The number of hydrogen-bond donors (Lipinski definition) is 3. The van der Waals surface area contributed by atoms with Crippen LogP contribution in [0.4, 0.5) is 26.0 Å². The number of hydrogen-bond acceptors (Lipinski definition) is 8. The molecule has 3 aliphatic rings. The van der Waals surface area contributed by atoms with Gasteiger partial charge in [-0.2, -0.15) is 9.40 Å². The number of carbonyl (C=O) groups excluding carboxylic acids is 1. The van der Waals surface area contributed by atoms with Crippen LogP contribution in [0.1, 0.15) is 48.3 Å². The molecule has 0 unspecified atom stereocenters. The normalized spacial score (nSPS) is 18.8. The molecular formula is C31H42F2N8O3S. The number of nitrogens with one attached hydrogen (secondary N) is 3. The number of aromatic amines is 1. The Balaban J connectivity index is 0.000000598. The molecule has 14 heteroatoms. The number of anilines is 3. The summed E-state index contributed by atoms with van der Waals surface area (Å²) in [7, 11) is 1.73. The minimum Gasteiger partial charge on any atom is -0.387 e. The first-order valence-corrected chi connectivity index (χ1v) is 16.6. The topological polar surface area (TPSA) is 117 Å². The summed E-state index contributed by atoms with van der Waals surface area (Å²) in [5, 5.41) is 13.0. The summed E-state index contributed by atoms with van der Waals surface area (Å²) >= 11 is 0. The summed E-state index contributed by atoms with van der Waals surface area (Å²) in [5.74, 6) is -2.20. The second-order valence-electron chi connectivity index (χ2n) is 12.3. The molecular weight excluding hydrogens is 602 g/mol. The van der Waals surface area contributed by atoms with E-state index >= 15 is 0 Å². The molecule has 0 radical (unpaired) electrons. The highest BCUT2D eigenvalue weighted by Crippen LogP contribution is 2.44. The first-order valence-electron chi connectivity index (χ1n) is 15.1. The number of amides is 1. The van der Waals surface area contributed by atoms with Crippen molar-refractivity contribution in [2.75, 3.05) is 75.9 Å².